The van der Waals surface area contributed by atoms with Gasteiger partial charge in [-0.05, 0) is 61.2 Å². The van der Waals surface area contributed by atoms with E-state index in [1.165, 1.54) is 12.1 Å². The molecule has 1 unspecified atom stereocenters. The molecule has 2 fully saturated rings. The number of hydrogen-bond acceptors (Lipinski definition) is 4. The van der Waals surface area contributed by atoms with E-state index in [0.29, 0.717) is 29.4 Å². The van der Waals surface area contributed by atoms with Crippen LogP contribution >= 0.6 is 11.6 Å². The van der Waals surface area contributed by atoms with Crippen molar-refractivity contribution in [2.45, 2.75) is 56.4 Å². The fourth-order valence-corrected chi connectivity index (χ4v) is 5.20. The van der Waals surface area contributed by atoms with Crippen LogP contribution in [-0.4, -0.2) is 27.0 Å². The lowest BCUT2D eigenvalue weighted by Crippen LogP contribution is -2.29. The lowest BCUT2D eigenvalue weighted by Gasteiger charge is -2.28. The van der Waals surface area contributed by atoms with Crippen molar-refractivity contribution in [2.75, 3.05) is 11.4 Å². The van der Waals surface area contributed by atoms with Crippen molar-refractivity contribution in [1.82, 2.24) is 0 Å². The molecule has 31 heavy (non-hydrogen) atoms. The number of sulfonamides is 1. The molecule has 2 atom stereocenters. The second-order valence-corrected chi connectivity index (χ2v) is 11.1. The number of benzene rings is 2. The Morgan fingerprint density at radius 2 is 1.87 bits per heavy atom. The number of ether oxygens (including phenoxy) is 1. The van der Waals surface area contributed by atoms with Gasteiger partial charge in [0, 0.05) is 30.0 Å². The average Bonchev–Trinajstić information content (AvgIpc) is 3.25. The van der Waals surface area contributed by atoms with Gasteiger partial charge in [0.2, 0.25) is 15.9 Å². The van der Waals surface area contributed by atoms with Crippen LogP contribution in [0.15, 0.2) is 47.4 Å². The van der Waals surface area contributed by atoms with Gasteiger partial charge in [-0.15, -0.1) is 0 Å². The Morgan fingerprint density at radius 1 is 1.16 bits per heavy atom. The summed E-state index contributed by atoms with van der Waals surface area (Å²) in [5, 5.41) is 5.73. The normalized spacial score (nSPS) is 23.4. The van der Waals surface area contributed by atoms with Gasteiger partial charge < -0.3 is 9.64 Å². The molecule has 0 bridgehead atoms. The van der Waals surface area contributed by atoms with E-state index in [-0.39, 0.29) is 28.2 Å². The molecule has 1 amide bonds. The van der Waals surface area contributed by atoms with E-state index in [1.807, 2.05) is 18.2 Å². The van der Waals surface area contributed by atoms with Gasteiger partial charge in [-0.2, -0.15) is 0 Å². The van der Waals surface area contributed by atoms with Gasteiger partial charge in [0.25, 0.3) is 0 Å². The molecular formula is C23H27ClN2O4S. The topological polar surface area (TPSA) is 89.7 Å². The minimum Gasteiger partial charge on any atom is -0.488 e. The summed E-state index contributed by atoms with van der Waals surface area (Å²) in [4.78, 5) is 14.4. The molecule has 2 aromatic rings. The zero-order chi connectivity index (χ0) is 22.4. The molecule has 1 aliphatic heterocycles. The zero-order valence-electron chi connectivity index (χ0n) is 17.7. The van der Waals surface area contributed by atoms with Crippen LogP contribution in [0.2, 0.25) is 5.02 Å². The molecule has 0 radical (unpaired) electrons. The molecule has 2 aromatic carbocycles. The van der Waals surface area contributed by atoms with Crippen molar-refractivity contribution in [3.05, 3.63) is 53.1 Å². The Labute approximate surface area is 188 Å². The number of halogens is 1. The van der Waals surface area contributed by atoms with E-state index in [4.69, 9.17) is 21.5 Å². The SMILES string of the molecule is CC1(C)CCCC1Oc1cc([C@@H]2CC(=O)N(c3ccc(S(N)(=O)=O)cc3)C2)ccc1Cl. The molecule has 0 aromatic heterocycles. The number of carbonyl (C=O) groups excluding carboxylic acids is 1. The van der Waals surface area contributed by atoms with Crippen LogP contribution in [-0.2, 0) is 14.8 Å². The number of amides is 1. The number of primary sulfonamides is 1. The Bertz CT molecular complexity index is 1100. The first kappa shape index (κ1) is 22.1. The summed E-state index contributed by atoms with van der Waals surface area (Å²) in [7, 11) is -3.77. The van der Waals surface area contributed by atoms with Crippen LogP contribution < -0.4 is 14.8 Å². The summed E-state index contributed by atoms with van der Waals surface area (Å²) >= 11 is 6.42. The maximum atomic E-state index is 12.7. The van der Waals surface area contributed by atoms with Crippen molar-refractivity contribution in [3.63, 3.8) is 0 Å². The number of hydrogen-bond donors (Lipinski definition) is 1. The first-order valence-electron chi connectivity index (χ1n) is 10.4. The highest BCUT2D eigenvalue weighted by molar-refractivity contribution is 7.89. The molecule has 6 nitrogen and oxygen atoms in total. The van der Waals surface area contributed by atoms with E-state index in [9.17, 15) is 13.2 Å². The Kier molecular flexibility index (Phi) is 5.79. The Morgan fingerprint density at radius 3 is 2.48 bits per heavy atom. The largest absolute Gasteiger partial charge is 0.488 e. The van der Waals surface area contributed by atoms with Crippen LogP contribution in [0.5, 0.6) is 5.75 Å². The van der Waals surface area contributed by atoms with Crippen molar-refractivity contribution < 1.29 is 17.9 Å². The van der Waals surface area contributed by atoms with E-state index >= 15 is 0 Å². The lowest BCUT2D eigenvalue weighted by molar-refractivity contribution is -0.117. The van der Waals surface area contributed by atoms with Crippen LogP contribution in [0.4, 0.5) is 5.69 Å². The summed E-state index contributed by atoms with van der Waals surface area (Å²) in [5.41, 5.74) is 1.77. The maximum Gasteiger partial charge on any atom is 0.238 e. The van der Waals surface area contributed by atoms with E-state index < -0.39 is 10.0 Å². The predicted octanol–water partition coefficient (Wildman–Crippen LogP) is 4.47. The summed E-state index contributed by atoms with van der Waals surface area (Å²) < 4.78 is 29.2. The van der Waals surface area contributed by atoms with Crippen LogP contribution in [0.25, 0.3) is 0 Å². The molecule has 1 heterocycles. The minimum atomic E-state index is -3.77. The van der Waals surface area contributed by atoms with Gasteiger partial charge in [-0.3, -0.25) is 4.79 Å². The highest BCUT2D eigenvalue weighted by atomic mass is 35.5. The summed E-state index contributed by atoms with van der Waals surface area (Å²) in [6.45, 7) is 4.94. The van der Waals surface area contributed by atoms with Crippen molar-refractivity contribution in [3.8, 4) is 5.75 Å². The summed E-state index contributed by atoms with van der Waals surface area (Å²) in [5.74, 6) is 0.659. The molecule has 4 rings (SSSR count). The first-order chi connectivity index (χ1) is 14.5. The molecule has 0 spiro atoms. The molecular weight excluding hydrogens is 436 g/mol. The quantitative estimate of drug-likeness (QED) is 0.710. The molecule has 2 aliphatic rings. The van der Waals surface area contributed by atoms with Crippen LogP contribution in [0, 0.1) is 5.41 Å². The third kappa shape index (κ3) is 4.59. The fourth-order valence-electron chi connectivity index (χ4n) is 4.53. The molecule has 1 aliphatic carbocycles. The van der Waals surface area contributed by atoms with Crippen molar-refractivity contribution >= 4 is 33.2 Å². The van der Waals surface area contributed by atoms with Gasteiger partial charge in [0.15, 0.2) is 0 Å². The summed E-state index contributed by atoms with van der Waals surface area (Å²) in [6.07, 6.45) is 3.78. The second-order valence-electron chi connectivity index (χ2n) is 9.12. The second kappa shape index (κ2) is 8.11. The molecule has 8 heteroatoms. The fraction of sp³-hybridized carbons (Fsp3) is 0.435. The van der Waals surface area contributed by atoms with E-state index in [2.05, 4.69) is 13.8 Å². The van der Waals surface area contributed by atoms with Crippen molar-refractivity contribution in [2.24, 2.45) is 10.6 Å². The highest BCUT2D eigenvalue weighted by Gasteiger charge is 2.37. The van der Waals surface area contributed by atoms with Crippen LogP contribution in [0.3, 0.4) is 0 Å². The van der Waals surface area contributed by atoms with Gasteiger partial charge in [0.1, 0.15) is 11.9 Å². The van der Waals surface area contributed by atoms with Crippen LogP contribution in [0.1, 0.15) is 51.0 Å². The Balaban J connectivity index is 1.52. The van der Waals surface area contributed by atoms with Crippen molar-refractivity contribution in [1.29, 1.82) is 0 Å². The number of carbonyl (C=O) groups is 1. The standard InChI is InChI=1S/C23H27ClN2O4S/c1-23(2)11-3-4-21(23)30-20-12-15(5-10-19(20)24)16-13-22(27)26(14-16)17-6-8-18(9-7-17)31(25,28)29/h5-10,12,16,21H,3-4,11,13-14H2,1-2H3,(H2,25,28,29)/t16-,21?/m1/s1. The zero-order valence-corrected chi connectivity index (χ0v) is 19.2. The predicted molar refractivity (Wildman–Crippen MR) is 121 cm³/mol. The number of nitrogens with two attached hydrogens (primary N) is 1. The Hall–Kier alpha value is -2.09. The molecule has 1 saturated heterocycles. The summed E-state index contributed by atoms with van der Waals surface area (Å²) in [6, 6.07) is 11.8. The third-order valence-electron chi connectivity index (χ3n) is 6.46. The van der Waals surface area contributed by atoms with E-state index in [0.717, 1.165) is 24.8 Å². The first-order valence-corrected chi connectivity index (χ1v) is 12.4. The lowest BCUT2D eigenvalue weighted by atomic mass is 9.89. The number of anilines is 1. The molecule has 2 N–H and O–H groups in total. The van der Waals surface area contributed by atoms with Gasteiger partial charge in [0.05, 0.1) is 9.92 Å². The molecule has 166 valence electrons. The van der Waals surface area contributed by atoms with Gasteiger partial charge in [-0.25, -0.2) is 13.6 Å². The number of rotatable bonds is 5. The minimum absolute atomic E-state index is 0.00150. The highest BCUT2D eigenvalue weighted by Crippen LogP contribution is 2.42. The monoisotopic (exact) mass is 462 g/mol. The number of nitrogens with zero attached hydrogens (tertiary/aromatic N) is 1. The third-order valence-corrected chi connectivity index (χ3v) is 7.70. The molecule has 1 saturated carbocycles. The van der Waals surface area contributed by atoms with Gasteiger partial charge >= 0.3 is 0 Å². The van der Waals surface area contributed by atoms with Gasteiger partial charge in [-0.1, -0.05) is 31.5 Å². The average molecular weight is 463 g/mol. The smallest absolute Gasteiger partial charge is 0.238 e. The van der Waals surface area contributed by atoms with E-state index in [1.54, 1.807) is 17.0 Å². The maximum absolute atomic E-state index is 12.7.